The Morgan fingerprint density at radius 3 is 2.50 bits per heavy atom. The van der Waals surface area contributed by atoms with Gasteiger partial charge in [-0.25, -0.2) is 0 Å². The molecule has 0 aromatic rings. The number of hydrogen-bond acceptors (Lipinski definition) is 3. The van der Waals surface area contributed by atoms with Crippen molar-refractivity contribution in [2.75, 3.05) is 6.54 Å². The molecule has 58 valence electrons. The molecule has 4 N–H and O–H groups in total. The summed E-state index contributed by atoms with van der Waals surface area (Å²) in [7, 11) is -1.16. The zero-order valence-electron chi connectivity index (χ0n) is 6.03. The van der Waals surface area contributed by atoms with Gasteiger partial charge >= 0.3 is 7.12 Å². The van der Waals surface area contributed by atoms with Gasteiger partial charge in [0, 0.05) is 0 Å². The van der Waals surface area contributed by atoms with Crippen LogP contribution in [0.25, 0.3) is 0 Å². The van der Waals surface area contributed by atoms with Crippen LogP contribution in [-0.4, -0.2) is 23.7 Å². The van der Waals surface area contributed by atoms with E-state index in [-0.39, 0.29) is 5.82 Å². The molecule has 1 aliphatic carbocycles. The summed E-state index contributed by atoms with van der Waals surface area (Å²) in [6.07, 6.45) is 3.06. The minimum absolute atomic E-state index is 0.0324. The van der Waals surface area contributed by atoms with E-state index in [4.69, 9.17) is 15.8 Å². The van der Waals surface area contributed by atoms with Crippen LogP contribution >= 0.6 is 0 Å². The molecule has 0 spiro atoms. The Hall–Kier alpha value is -0.0551. The third kappa shape index (κ3) is 1.51. The van der Waals surface area contributed by atoms with Gasteiger partial charge in [-0.1, -0.05) is 12.8 Å². The van der Waals surface area contributed by atoms with Crippen molar-refractivity contribution in [1.29, 1.82) is 0 Å². The second kappa shape index (κ2) is 3.37. The smallest absolute Gasteiger partial charge is 0.427 e. The van der Waals surface area contributed by atoms with E-state index in [2.05, 4.69) is 0 Å². The van der Waals surface area contributed by atoms with Gasteiger partial charge in [-0.15, -0.1) is 0 Å². The van der Waals surface area contributed by atoms with Gasteiger partial charge in [-0.05, 0) is 24.7 Å². The summed E-state index contributed by atoms with van der Waals surface area (Å²) in [6.45, 7) is 0.586. The molecule has 1 rings (SSSR count). The van der Waals surface area contributed by atoms with Gasteiger partial charge in [-0.3, -0.25) is 0 Å². The van der Waals surface area contributed by atoms with Crippen LogP contribution in [0.5, 0.6) is 0 Å². The van der Waals surface area contributed by atoms with Crippen molar-refractivity contribution in [3.05, 3.63) is 0 Å². The molecular weight excluding hydrogens is 129 g/mol. The highest BCUT2D eigenvalue weighted by Crippen LogP contribution is 2.36. The summed E-state index contributed by atoms with van der Waals surface area (Å²) in [5.41, 5.74) is 5.44. The predicted octanol–water partition coefficient (Wildman–Crippen LogP) is -0.412. The maximum atomic E-state index is 8.85. The van der Waals surface area contributed by atoms with Crippen molar-refractivity contribution in [2.24, 2.45) is 11.7 Å². The average Bonchev–Trinajstić information content (AvgIpc) is 2.33. The van der Waals surface area contributed by atoms with Gasteiger partial charge in [0.05, 0.1) is 0 Å². The van der Waals surface area contributed by atoms with Crippen LogP contribution in [0.1, 0.15) is 19.3 Å². The zero-order chi connectivity index (χ0) is 7.56. The molecule has 0 radical (unpaired) electrons. The molecule has 1 saturated carbocycles. The van der Waals surface area contributed by atoms with E-state index in [9.17, 15) is 0 Å². The standard InChI is InChI=1S/C6H14BNO2/c8-4-5-2-1-3-6(5)7(9)10/h5-6,9-10H,1-4,8H2/t5-,6-/m1/s1. The van der Waals surface area contributed by atoms with Gasteiger partial charge in [0.1, 0.15) is 0 Å². The average molecular weight is 143 g/mol. The molecule has 0 saturated heterocycles. The monoisotopic (exact) mass is 143 g/mol. The number of nitrogens with two attached hydrogens (primary N) is 1. The quantitative estimate of drug-likeness (QED) is 0.460. The van der Waals surface area contributed by atoms with Crippen molar-refractivity contribution in [3.8, 4) is 0 Å². The molecule has 4 heteroatoms. The highest BCUT2D eigenvalue weighted by Gasteiger charge is 2.34. The molecule has 0 unspecified atom stereocenters. The van der Waals surface area contributed by atoms with E-state index in [1.54, 1.807) is 0 Å². The van der Waals surface area contributed by atoms with Crippen molar-refractivity contribution >= 4 is 7.12 Å². The van der Waals surface area contributed by atoms with Gasteiger partial charge < -0.3 is 15.8 Å². The molecular formula is C6H14BNO2. The lowest BCUT2D eigenvalue weighted by Crippen LogP contribution is -2.27. The minimum Gasteiger partial charge on any atom is -0.427 e. The van der Waals surface area contributed by atoms with E-state index in [0.29, 0.717) is 12.5 Å². The van der Waals surface area contributed by atoms with Gasteiger partial charge in [0.25, 0.3) is 0 Å². The van der Waals surface area contributed by atoms with E-state index >= 15 is 0 Å². The maximum absolute atomic E-state index is 8.85. The summed E-state index contributed by atoms with van der Waals surface area (Å²) < 4.78 is 0. The van der Waals surface area contributed by atoms with Crippen LogP contribution in [0.15, 0.2) is 0 Å². The third-order valence-electron chi connectivity index (χ3n) is 2.40. The second-order valence-corrected chi connectivity index (χ2v) is 3.00. The van der Waals surface area contributed by atoms with Crippen molar-refractivity contribution < 1.29 is 10.0 Å². The lowest BCUT2D eigenvalue weighted by Gasteiger charge is -2.15. The summed E-state index contributed by atoms with van der Waals surface area (Å²) in [5.74, 6) is 0.366. The number of rotatable bonds is 2. The molecule has 2 atom stereocenters. The Bertz CT molecular complexity index is 110. The Morgan fingerprint density at radius 1 is 1.40 bits per heavy atom. The first-order valence-corrected chi connectivity index (χ1v) is 3.82. The number of hydrogen-bond donors (Lipinski definition) is 3. The lowest BCUT2D eigenvalue weighted by atomic mass is 9.67. The van der Waals surface area contributed by atoms with E-state index in [1.807, 2.05) is 0 Å². The van der Waals surface area contributed by atoms with Crippen molar-refractivity contribution in [3.63, 3.8) is 0 Å². The van der Waals surface area contributed by atoms with Crippen LogP contribution in [0, 0.1) is 5.92 Å². The van der Waals surface area contributed by atoms with Crippen LogP contribution in [0.2, 0.25) is 5.82 Å². The highest BCUT2D eigenvalue weighted by molar-refractivity contribution is 6.43. The van der Waals surface area contributed by atoms with E-state index in [0.717, 1.165) is 19.3 Å². The molecule has 1 aliphatic rings. The van der Waals surface area contributed by atoms with E-state index in [1.165, 1.54) is 0 Å². The van der Waals surface area contributed by atoms with Crippen LogP contribution in [0.4, 0.5) is 0 Å². The molecule has 0 aromatic carbocycles. The summed E-state index contributed by atoms with van der Waals surface area (Å²) in [6, 6.07) is 0. The predicted molar refractivity (Wildman–Crippen MR) is 40.3 cm³/mol. The molecule has 10 heavy (non-hydrogen) atoms. The fourth-order valence-electron chi connectivity index (χ4n) is 1.75. The highest BCUT2D eigenvalue weighted by atomic mass is 16.4. The molecule has 3 nitrogen and oxygen atoms in total. The largest absolute Gasteiger partial charge is 0.455 e. The van der Waals surface area contributed by atoms with Crippen molar-refractivity contribution in [2.45, 2.75) is 25.1 Å². The van der Waals surface area contributed by atoms with Gasteiger partial charge in [0.15, 0.2) is 0 Å². The first kappa shape index (κ1) is 8.05. The first-order valence-electron chi connectivity index (χ1n) is 3.82. The van der Waals surface area contributed by atoms with Crippen LogP contribution < -0.4 is 5.73 Å². The minimum atomic E-state index is -1.16. The molecule has 0 aromatic heterocycles. The molecule has 0 bridgehead atoms. The fourth-order valence-corrected chi connectivity index (χ4v) is 1.75. The summed E-state index contributed by atoms with van der Waals surface area (Å²) in [5, 5.41) is 17.7. The maximum Gasteiger partial charge on any atom is 0.455 e. The van der Waals surface area contributed by atoms with Crippen molar-refractivity contribution in [1.82, 2.24) is 0 Å². The van der Waals surface area contributed by atoms with Gasteiger partial charge in [0.2, 0.25) is 0 Å². The van der Waals surface area contributed by atoms with Gasteiger partial charge in [-0.2, -0.15) is 0 Å². The van der Waals surface area contributed by atoms with Crippen LogP contribution in [0.3, 0.4) is 0 Å². The molecule has 0 heterocycles. The topological polar surface area (TPSA) is 66.5 Å². The molecule has 1 fully saturated rings. The summed E-state index contributed by atoms with van der Waals surface area (Å²) in [4.78, 5) is 0. The third-order valence-corrected chi connectivity index (χ3v) is 2.40. The Balaban J connectivity index is 2.42. The lowest BCUT2D eigenvalue weighted by molar-refractivity contribution is 0.362. The Kier molecular flexibility index (Phi) is 2.71. The van der Waals surface area contributed by atoms with Crippen LogP contribution in [-0.2, 0) is 0 Å². The Labute approximate surface area is 61.4 Å². The summed E-state index contributed by atoms with van der Waals surface area (Å²) >= 11 is 0. The van der Waals surface area contributed by atoms with E-state index < -0.39 is 7.12 Å². The fraction of sp³-hybridized carbons (Fsp3) is 1.00. The normalized spacial score (nSPS) is 32.7. The zero-order valence-corrected chi connectivity index (χ0v) is 6.03. The SMILES string of the molecule is NC[C@H]1CCC[C@H]1B(O)O. The molecule has 0 amide bonds. The molecule has 0 aliphatic heterocycles. The second-order valence-electron chi connectivity index (χ2n) is 3.00. The Morgan fingerprint density at radius 2 is 2.10 bits per heavy atom. The first-order chi connectivity index (χ1) is 4.75.